The average Bonchev–Trinajstić information content (AvgIpc) is 3.61. The van der Waals surface area contributed by atoms with E-state index in [0.29, 0.717) is 28.9 Å². The van der Waals surface area contributed by atoms with Crippen LogP contribution in [0.4, 0.5) is 4.39 Å². The van der Waals surface area contributed by atoms with E-state index in [9.17, 15) is 14.4 Å². The van der Waals surface area contributed by atoms with E-state index in [1.165, 1.54) is 20.0 Å². The highest BCUT2D eigenvalue weighted by molar-refractivity contribution is 6.00. The molecule has 0 amide bonds. The number of carbonyl (C=O) groups excluding carboxylic acids is 1. The minimum atomic E-state index is -1.64. The molecule has 7 heteroatoms. The normalized spacial score (nSPS) is 14.9. The Kier molecular flexibility index (Phi) is 7.62. The van der Waals surface area contributed by atoms with Crippen LogP contribution in [0.5, 0.6) is 5.75 Å². The van der Waals surface area contributed by atoms with E-state index >= 15 is 0 Å². The SMILES string of the molecule is C=CC(F)OCc1cc(-c2cnc3cc(C(C)C#N)ccn23)cc(OC)c1C(=O)CCCC1CC1. The lowest BCUT2D eigenvalue weighted by Crippen LogP contribution is -2.11. The number of ether oxygens (including phenoxy) is 2. The van der Waals surface area contributed by atoms with E-state index in [0.717, 1.165) is 41.7 Å². The number of Topliss-reactive ketones (excluding diaryl/α,β-unsaturated/α-hetero) is 1. The van der Waals surface area contributed by atoms with Gasteiger partial charge in [-0.25, -0.2) is 9.37 Å². The molecule has 2 atom stereocenters. The Bertz CT molecular complexity index is 1270. The number of alkyl halides is 1. The first kappa shape index (κ1) is 24.6. The van der Waals surface area contributed by atoms with Crippen molar-refractivity contribution in [3.05, 3.63) is 66.0 Å². The van der Waals surface area contributed by atoms with E-state index in [4.69, 9.17) is 9.47 Å². The van der Waals surface area contributed by atoms with Crippen LogP contribution in [0.2, 0.25) is 0 Å². The van der Waals surface area contributed by atoms with Gasteiger partial charge in [0.25, 0.3) is 0 Å². The lowest BCUT2D eigenvalue weighted by atomic mass is 9.95. The number of benzene rings is 1. The smallest absolute Gasteiger partial charge is 0.218 e. The summed E-state index contributed by atoms with van der Waals surface area (Å²) >= 11 is 0. The van der Waals surface area contributed by atoms with Crippen LogP contribution < -0.4 is 4.74 Å². The number of ketones is 1. The number of rotatable bonds is 12. The van der Waals surface area contributed by atoms with Gasteiger partial charge in [0.2, 0.25) is 6.36 Å². The number of imidazole rings is 1. The van der Waals surface area contributed by atoms with E-state index in [-0.39, 0.29) is 18.3 Å². The molecule has 2 aromatic heterocycles. The van der Waals surface area contributed by atoms with Crippen LogP contribution in [0.3, 0.4) is 0 Å². The van der Waals surface area contributed by atoms with Gasteiger partial charge < -0.3 is 9.47 Å². The van der Waals surface area contributed by atoms with Crippen molar-refractivity contribution in [2.75, 3.05) is 7.11 Å². The Labute approximate surface area is 205 Å². The summed E-state index contributed by atoms with van der Waals surface area (Å²) in [5.41, 5.74) is 4.12. The molecule has 182 valence electrons. The van der Waals surface area contributed by atoms with Crippen molar-refractivity contribution < 1.29 is 18.7 Å². The minimum Gasteiger partial charge on any atom is -0.496 e. The number of hydrogen-bond donors (Lipinski definition) is 0. The zero-order valence-electron chi connectivity index (χ0n) is 20.2. The van der Waals surface area contributed by atoms with Crippen molar-refractivity contribution in [1.29, 1.82) is 5.26 Å². The molecule has 1 aliphatic rings. The van der Waals surface area contributed by atoms with Gasteiger partial charge in [0.15, 0.2) is 5.78 Å². The van der Waals surface area contributed by atoms with Crippen LogP contribution in [-0.2, 0) is 11.3 Å². The molecular weight excluding hydrogens is 445 g/mol. The van der Waals surface area contributed by atoms with Crippen molar-refractivity contribution in [3.8, 4) is 23.1 Å². The van der Waals surface area contributed by atoms with E-state index < -0.39 is 6.36 Å². The largest absolute Gasteiger partial charge is 0.496 e. The number of nitriles is 1. The zero-order valence-corrected chi connectivity index (χ0v) is 20.2. The van der Waals surface area contributed by atoms with Crippen molar-refractivity contribution in [2.45, 2.75) is 57.9 Å². The molecule has 6 nitrogen and oxygen atoms in total. The first-order valence-corrected chi connectivity index (χ1v) is 11.9. The third kappa shape index (κ3) is 5.60. The Morgan fingerprint density at radius 1 is 1.40 bits per heavy atom. The molecule has 0 aliphatic heterocycles. The third-order valence-corrected chi connectivity index (χ3v) is 6.51. The molecule has 1 aliphatic carbocycles. The molecule has 2 heterocycles. The summed E-state index contributed by atoms with van der Waals surface area (Å²) in [7, 11) is 1.52. The maximum Gasteiger partial charge on any atom is 0.218 e. The van der Waals surface area contributed by atoms with Gasteiger partial charge in [-0.15, -0.1) is 0 Å². The van der Waals surface area contributed by atoms with Crippen molar-refractivity contribution in [3.63, 3.8) is 0 Å². The number of nitrogens with zero attached hydrogens (tertiary/aromatic N) is 3. The van der Waals surface area contributed by atoms with Crippen molar-refractivity contribution in [2.24, 2.45) is 5.92 Å². The highest BCUT2D eigenvalue weighted by Crippen LogP contribution is 2.36. The maximum atomic E-state index is 13.9. The van der Waals surface area contributed by atoms with Crippen molar-refractivity contribution in [1.82, 2.24) is 9.38 Å². The number of aromatic nitrogens is 2. The lowest BCUT2D eigenvalue weighted by Gasteiger charge is -2.17. The average molecular weight is 476 g/mol. The Morgan fingerprint density at radius 3 is 2.89 bits per heavy atom. The van der Waals surface area contributed by atoms with E-state index in [2.05, 4.69) is 17.6 Å². The second-order valence-electron chi connectivity index (χ2n) is 9.05. The number of hydrogen-bond acceptors (Lipinski definition) is 5. The van der Waals surface area contributed by atoms with Gasteiger partial charge in [-0.1, -0.05) is 25.8 Å². The topological polar surface area (TPSA) is 76.6 Å². The molecule has 1 aromatic carbocycles. The van der Waals surface area contributed by atoms with Gasteiger partial charge in [0.05, 0.1) is 43.2 Å². The maximum absolute atomic E-state index is 13.9. The van der Waals surface area contributed by atoms with Crippen LogP contribution in [0.1, 0.15) is 66.4 Å². The second kappa shape index (κ2) is 10.8. The van der Waals surface area contributed by atoms with Gasteiger partial charge in [-0.2, -0.15) is 5.26 Å². The van der Waals surface area contributed by atoms with Crippen LogP contribution >= 0.6 is 0 Å². The van der Waals surface area contributed by atoms with Crippen molar-refractivity contribution >= 4 is 11.4 Å². The first-order chi connectivity index (χ1) is 16.9. The minimum absolute atomic E-state index is 0.0325. The summed E-state index contributed by atoms with van der Waals surface area (Å²) in [6.45, 7) is 5.17. The molecule has 0 spiro atoms. The number of pyridine rings is 1. The monoisotopic (exact) mass is 475 g/mol. The lowest BCUT2D eigenvalue weighted by molar-refractivity contribution is -0.0142. The summed E-state index contributed by atoms with van der Waals surface area (Å²) in [4.78, 5) is 17.7. The molecule has 1 fully saturated rings. The highest BCUT2D eigenvalue weighted by Gasteiger charge is 2.24. The summed E-state index contributed by atoms with van der Waals surface area (Å²) in [5, 5.41) is 9.23. The number of methoxy groups -OCH3 is 1. The van der Waals surface area contributed by atoms with Crippen LogP contribution in [0.15, 0.2) is 49.3 Å². The molecule has 0 saturated heterocycles. The zero-order chi connectivity index (χ0) is 24.9. The highest BCUT2D eigenvalue weighted by atomic mass is 19.1. The molecular formula is C28H30FN3O3. The number of carbonyl (C=O) groups is 1. The van der Waals surface area contributed by atoms with Crippen LogP contribution in [-0.4, -0.2) is 28.6 Å². The fraction of sp³-hybridized carbons (Fsp3) is 0.393. The molecule has 35 heavy (non-hydrogen) atoms. The van der Waals surface area contributed by atoms with Gasteiger partial charge in [0, 0.05) is 18.2 Å². The van der Waals surface area contributed by atoms with Gasteiger partial charge in [-0.05, 0) is 60.7 Å². The van der Waals surface area contributed by atoms with Gasteiger partial charge in [0.1, 0.15) is 11.4 Å². The van der Waals surface area contributed by atoms with E-state index in [1.54, 1.807) is 6.20 Å². The predicted octanol–water partition coefficient (Wildman–Crippen LogP) is 6.40. The summed E-state index contributed by atoms with van der Waals surface area (Å²) < 4.78 is 26.7. The van der Waals surface area contributed by atoms with Crippen LogP contribution in [0, 0.1) is 17.2 Å². The number of fused-ring (bicyclic) bond motifs is 1. The number of halogens is 1. The third-order valence-electron chi connectivity index (χ3n) is 6.51. The first-order valence-electron chi connectivity index (χ1n) is 11.9. The molecule has 3 aromatic rings. The predicted molar refractivity (Wildman–Crippen MR) is 132 cm³/mol. The second-order valence-corrected chi connectivity index (χ2v) is 9.05. The molecule has 0 radical (unpaired) electrons. The molecule has 4 rings (SSSR count). The summed E-state index contributed by atoms with van der Waals surface area (Å²) in [6, 6.07) is 9.66. The van der Waals surface area contributed by atoms with Gasteiger partial charge in [-0.3, -0.25) is 9.20 Å². The molecule has 1 saturated carbocycles. The summed E-state index contributed by atoms with van der Waals surface area (Å²) in [5.74, 6) is 0.903. The molecule has 2 unspecified atom stereocenters. The summed E-state index contributed by atoms with van der Waals surface area (Å²) in [6.07, 6.45) is 7.82. The van der Waals surface area contributed by atoms with Gasteiger partial charge >= 0.3 is 0 Å². The Hall–Kier alpha value is -3.50. The fourth-order valence-electron chi connectivity index (χ4n) is 4.29. The molecule has 0 bridgehead atoms. The molecule has 0 N–H and O–H groups in total. The quantitative estimate of drug-likeness (QED) is 0.224. The fourth-order valence-corrected chi connectivity index (χ4v) is 4.29. The Balaban J connectivity index is 1.72. The standard InChI is InChI=1S/C28H30FN3O3/c1-4-26(29)35-17-22-12-21(13-25(34-3)28(22)24(33)7-5-6-19-8-9-19)23-16-31-27-14-20(18(2)15-30)10-11-32(23)27/h4,10-14,16,18-19,26H,1,5-9,17H2,2-3H3. The van der Waals surface area contributed by atoms with E-state index in [1.807, 2.05) is 41.8 Å². The Morgan fingerprint density at radius 2 is 2.20 bits per heavy atom. The van der Waals surface area contributed by atoms with Crippen LogP contribution in [0.25, 0.3) is 16.9 Å².